The van der Waals surface area contributed by atoms with Gasteiger partial charge in [-0.2, -0.15) is 0 Å². The molecule has 1 amide bonds. The highest BCUT2D eigenvalue weighted by Crippen LogP contribution is 2.24. The summed E-state index contributed by atoms with van der Waals surface area (Å²) in [6.07, 6.45) is 5.46. The van der Waals surface area contributed by atoms with Gasteiger partial charge in [0.2, 0.25) is 16.9 Å². The number of amides is 1. The van der Waals surface area contributed by atoms with Crippen LogP contribution in [0.4, 0.5) is 5.69 Å². The molecule has 0 saturated heterocycles. The van der Waals surface area contributed by atoms with Gasteiger partial charge in [0.1, 0.15) is 5.69 Å². The molecule has 3 aromatic heterocycles. The zero-order valence-corrected chi connectivity index (χ0v) is 16.1. The summed E-state index contributed by atoms with van der Waals surface area (Å²) < 4.78 is 3.66. The number of carbonyl (C=O) groups is 1. The second kappa shape index (κ2) is 8.28. The molecule has 4 rings (SSSR count). The quantitative estimate of drug-likeness (QED) is 0.489. The van der Waals surface area contributed by atoms with Gasteiger partial charge in [0.25, 0.3) is 0 Å². The second-order valence-electron chi connectivity index (χ2n) is 5.71. The molecule has 0 aliphatic heterocycles. The average molecular weight is 411 g/mol. The molecule has 0 aliphatic rings. The Labute approximate surface area is 170 Å². The van der Waals surface area contributed by atoms with Crippen molar-refractivity contribution in [1.82, 2.24) is 24.5 Å². The first-order valence-electron chi connectivity index (χ1n) is 8.40. The van der Waals surface area contributed by atoms with Crippen molar-refractivity contribution in [2.75, 3.05) is 11.1 Å². The maximum atomic E-state index is 12.3. The minimum atomic E-state index is -0.181. The molecule has 0 fully saturated rings. The monoisotopic (exact) mass is 410 g/mol. The number of hydrogen-bond acceptors (Lipinski definition) is 5. The molecule has 4 aromatic rings. The Morgan fingerprint density at radius 3 is 2.57 bits per heavy atom. The predicted molar refractivity (Wildman–Crippen MR) is 109 cm³/mol. The average Bonchev–Trinajstić information content (AvgIpc) is 3.38. The third-order valence-electron chi connectivity index (χ3n) is 3.81. The van der Waals surface area contributed by atoms with Crippen LogP contribution >= 0.6 is 23.4 Å². The van der Waals surface area contributed by atoms with Crippen molar-refractivity contribution in [1.29, 1.82) is 0 Å². The Morgan fingerprint density at radius 1 is 1.04 bits per heavy atom. The van der Waals surface area contributed by atoms with Crippen LogP contribution in [0.3, 0.4) is 0 Å². The molecule has 1 N–H and O–H groups in total. The van der Waals surface area contributed by atoms with Crippen LogP contribution < -0.4 is 5.32 Å². The van der Waals surface area contributed by atoms with Gasteiger partial charge in [0.15, 0.2) is 0 Å². The van der Waals surface area contributed by atoms with E-state index < -0.39 is 0 Å². The number of nitrogens with zero attached hydrogens (tertiary/aromatic N) is 5. The second-order valence-corrected chi connectivity index (χ2v) is 7.06. The number of benzene rings is 1. The summed E-state index contributed by atoms with van der Waals surface area (Å²) in [5.74, 6) is 0.567. The maximum Gasteiger partial charge on any atom is 0.234 e. The van der Waals surface area contributed by atoms with E-state index in [4.69, 9.17) is 11.6 Å². The molecular formula is C19H15ClN6OS. The van der Waals surface area contributed by atoms with E-state index in [0.29, 0.717) is 27.4 Å². The molecule has 3 heterocycles. The van der Waals surface area contributed by atoms with Gasteiger partial charge >= 0.3 is 0 Å². The highest BCUT2D eigenvalue weighted by molar-refractivity contribution is 7.99. The Kier molecular flexibility index (Phi) is 5.41. The van der Waals surface area contributed by atoms with Crippen LogP contribution in [0.1, 0.15) is 0 Å². The molecule has 0 spiro atoms. The molecule has 0 saturated carbocycles. The number of nitrogens with one attached hydrogen (secondary N) is 1. The number of aromatic nitrogens is 5. The summed E-state index contributed by atoms with van der Waals surface area (Å²) >= 11 is 7.37. The molecule has 0 aliphatic carbocycles. The molecule has 0 bridgehead atoms. The van der Waals surface area contributed by atoms with Gasteiger partial charge in [-0.1, -0.05) is 41.6 Å². The lowest BCUT2D eigenvalue weighted by molar-refractivity contribution is -0.113. The van der Waals surface area contributed by atoms with E-state index in [-0.39, 0.29) is 11.7 Å². The summed E-state index contributed by atoms with van der Waals surface area (Å²) in [4.78, 5) is 16.7. The molecule has 7 nitrogen and oxygen atoms in total. The zero-order chi connectivity index (χ0) is 19.3. The van der Waals surface area contributed by atoms with Crippen LogP contribution in [0.5, 0.6) is 0 Å². The predicted octanol–water partition coefficient (Wildman–Crippen LogP) is 3.84. The first-order chi connectivity index (χ1) is 13.7. The lowest BCUT2D eigenvalue weighted by Gasteiger charge is -2.11. The first-order valence-corrected chi connectivity index (χ1v) is 9.76. The van der Waals surface area contributed by atoms with Crippen molar-refractivity contribution in [3.05, 3.63) is 78.2 Å². The van der Waals surface area contributed by atoms with Crippen LogP contribution in [-0.4, -0.2) is 36.2 Å². The maximum absolute atomic E-state index is 12.3. The van der Waals surface area contributed by atoms with Gasteiger partial charge in [-0.15, -0.1) is 10.2 Å². The number of anilines is 1. The van der Waals surface area contributed by atoms with Crippen LogP contribution in [-0.2, 0) is 4.79 Å². The van der Waals surface area contributed by atoms with Gasteiger partial charge in [0.05, 0.1) is 16.5 Å². The lowest BCUT2D eigenvalue weighted by atomic mass is 10.3. The topological polar surface area (TPSA) is 77.6 Å². The van der Waals surface area contributed by atoms with Gasteiger partial charge in [-0.3, -0.25) is 14.5 Å². The Bertz CT molecular complexity index is 1080. The number of carbonyl (C=O) groups excluding carboxylic acids is 1. The van der Waals surface area contributed by atoms with Crippen LogP contribution in [0, 0.1) is 0 Å². The molecule has 9 heteroatoms. The summed E-state index contributed by atoms with van der Waals surface area (Å²) in [7, 11) is 0. The van der Waals surface area contributed by atoms with Crippen molar-refractivity contribution in [3.8, 4) is 11.5 Å². The molecular weight excluding hydrogens is 396 g/mol. The summed E-state index contributed by atoms with van der Waals surface area (Å²) in [5, 5.41) is 12.4. The zero-order valence-electron chi connectivity index (χ0n) is 14.6. The van der Waals surface area contributed by atoms with E-state index in [9.17, 15) is 4.79 Å². The van der Waals surface area contributed by atoms with Crippen LogP contribution in [0.15, 0.2) is 78.3 Å². The number of hydrogen-bond donors (Lipinski definition) is 1. The molecule has 0 radical (unpaired) electrons. The van der Waals surface area contributed by atoms with Crippen molar-refractivity contribution < 1.29 is 4.79 Å². The number of thioether (sulfide) groups is 1. The van der Waals surface area contributed by atoms with E-state index in [2.05, 4.69) is 20.5 Å². The summed E-state index contributed by atoms with van der Waals surface area (Å²) in [6.45, 7) is 0. The van der Waals surface area contributed by atoms with Crippen molar-refractivity contribution in [3.63, 3.8) is 0 Å². The number of pyridine rings is 1. The molecule has 28 heavy (non-hydrogen) atoms. The summed E-state index contributed by atoms with van der Waals surface area (Å²) in [5.41, 5.74) is 1.27. The van der Waals surface area contributed by atoms with Gasteiger partial charge in [-0.25, -0.2) is 4.68 Å². The largest absolute Gasteiger partial charge is 0.324 e. The van der Waals surface area contributed by atoms with E-state index in [0.717, 1.165) is 0 Å². The molecule has 1 aromatic carbocycles. The number of rotatable bonds is 6. The third kappa shape index (κ3) is 3.92. The summed E-state index contributed by atoms with van der Waals surface area (Å²) in [6, 6.07) is 16.5. The molecule has 0 unspecified atom stereocenters. The highest BCUT2D eigenvalue weighted by atomic mass is 35.5. The van der Waals surface area contributed by atoms with Crippen LogP contribution in [0.2, 0.25) is 5.02 Å². The van der Waals surface area contributed by atoms with E-state index in [1.807, 2.05) is 64.2 Å². The SMILES string of the molecule is O=C(CSc1nnc(-c2ccccn2)n1-n1cccc1)Nc1ccccc1Cl. The first kappa shape index (κ1) is 18.3. The van der Waals surface area contributed by atoms with Gasteiger partial charge in [-0.05, 0) is 36.4 Å². The minimum absolute atomic E-state index is 0.160. The normalized spacial score (nSPS) is 10.8. The molecule has 140 valence electrons. The van der Waals surface area contributed by atoms with Crippen LogP contribution in [0.25, 0.3) is 11.5 Å². The van der Waals surface area contributed by atoms with Crippen molar-refractivity contribution in [2.45, 2.75) is 5.16 Å². The minimum Gasteiger partial charge on any atom is -0.324 e. The number of para-hydroxylation sites is 1. The Balaban J connectivity index is 1.56. The third-order valence-corrected chi connectivity index (χ3v) is 5.05. The standard InChI is InChI=1S/C19H15ClN6OS/c20-14-7-1-2-8-15(14)22-17(27)13-28-19-24-23-18(16-9-3-4-10-21-16)26(19)25-11-5-6-12-25/h1-12H,13H2,(H,22,27). The lowest BCUT2D eigenvalue weighted by Crippen LogP contribution is -2.16. The van der Waals surface area contributed by atoms with Gasteiger partial charge in [0, 0.05) is 18.6 Å². The van der Waals surface area contributed by atoms with E-state index in [1.165, 1.54) is 11.8 Å². The van der Waals surface area contributed by atoms with Gasteiger partial charge < -0.3 is 5.32 Å². The Morgan fingerprint density at radius 2 is 1.82 bits per heavy atom. The smallest absolute Gasteiger partial charge is 0.234 e. The number of halogens is 1. The van der Waals surface area contributed by atoms with E-state index >= 15 is 0 Å². The molecule has 0 atom stereocenters. The fourth-order valence-corrected chi connectivity index (χ4v) is 3.47. The Hall–Kier alpha value is -3.10. The highest BCUT2D eigenvalue weighted by Gasteiger charge is 2.18. The fourth-order valence-electron chi connectivity index (χ4n) is 2.56. The van der Waals surface area contributed by atoms with Crippen molar-refractivity contribution in [2.24, 2.45) is 0 Å². The fraction of sp³-hybridized carbons (Fsp3) is 0.0526. The van der Waals surface area contributed by atoms with Crippen molar-refractivity contribution >= 4 is 35.0 Å². The van der Waals surface area contributed by atoms with E-state index in [1.54, 1.807) is 18.3 Å².